The molecule has 40 heavy (non-hydrogen) atoms. The molecule has 12 heteroatoms. The Labute approximate surface area is 245 Å². The minimum Gasteiger partial charge on any atom is -0.274 e. The summed E-state index contributed by atoms with van der Waals surface area (Å²) in [5.41, 5.74) is 2.97. The molecule has 4 amide bonds. The number of hydrogen-bond acceptors (Lipinski definition) is 8. The first-order valence-electron chi connectivity index (χ1n) is 12.7. The zero-order chi connectivity index (χ0) is 27.8. The highest BCUT2D eigenvalue weighted by atomic mass is 35.5. The summed E-state index contributed by atoms with van der Waals surface area (Å²) < 4.78 is 1.64. The highest BCUT2D eigenvalue weighted by Gasteiger charge is 2.69. The van der Waals surface area contributed by atoms with Gasteiger partial charge in [0, 0.05) is 21.9 Å². The highest BCUT2D eigenvalue weighted by molar-refractivity contribution is 7.23. The summed E-state index contributed by atoms with van der Waals surface area (Å²) >= 11 is 15.0. The van der Waals surface area contributed by atoms with Crippen LogP contribution in [0, 0.1) is 49.4 Å². The molecule has 4 unspecified atom stereocenters. The van der Waals surface area contributed by atoms with E-state index < -0.39 is 35.5 Å². The fourth-order valence-electron chi connectivity index (χ4n) is 6.87. The zero-order valence-electron chi connectivity index (χ0n) is 20.9. The molecular weight excluding hydrogens is 591 g/mol. The molecule has 2 bridgehead atoms. The minimum absolute atomic E-state index is 0.285. The van der Waals surface area contributed by atoms with Crippen molar-refractivity contribution in [2.45, 2.75) is 13.8 Å². The van der Waals surface area contributed by atoms with Crippen molar-refractivity contribution in [3.05, 3.63) is 57.6 Å². The lowest BCUT2D eigenvalue weighted by Gasteiger charge is -2.44. The van der Waals surface area contributed by atoms with Gasteiger partial charge in [0.1, 0.15) is 0 Å². The summed E-state index contributed by atoms with van der Waals surface area (Å²) in [6.45, 7) is 3.76. The molecule has 3 fully saturated rings. The Hall–Kier alpha value is -3.18. The number of hydrogen-bond donors (Lipinski definition) is 0. The number of carbonyl (C=O) groups is 4. The van der Waals surface area contributed by atoms with E-state index >= 15 is 0 Å². The molecule has 4 aromatic rings. The summed E-state index contributed by atoms with van der Waals surface area (Å²) in [4.78, 5) is 66.8. The van der Waals surface area contributed by atoms with Crippen LogP contribution in [-0.4, -0.2) is 33.6 Å². The molecule has 200 valence electrons. The molecule has 0 radical (unpaired) electrons. The Bertz CT molecular complexity index is 1660. The van der Waals surface area contributed by atoms with Gasteiger partial charge in [-0.2, -0.15) is 0 Å². The van der Waals surface area contributed by atoms with Gasteiger partial charge in [0.25, 0.3) is 0 Å². The number of thiazole rings is 2. The average Bonchev–Trinajstić information content (AvgIpc) is 3.64. The Morgan fingerprint density at radius 1 is 0.625 bits per heavy atom. The number of nitrogens with zero attached hydrogens (tertiary/aromatic N) is 4. The lowest BCUT2D eigenvalue weighted by Crippen LogP contribution is -2.50. The quantitative estimate of drug-likeness (QED) is 0.218. The van der Waals surface area contributed by atoms with E-state index in [9.17, 15) is 19.2 Å². The van der Waals surface area contributed by atoms with Gasteiger partial charge < -0.3 is 0 Å². The molecule has 2 aromatic carbocycles. The summed E-state index contributed by atoms with van der Waals surface area (Å²) in [6.07, 6.45) is 3.69. The number of imide groups is 2. The largest absolute Gasteiger partial charge is 0.274 e. The third kappa shape index (κ3) is 3.07. The average molecular weight is 610 g/mol. The number of anilines is 2. The molecule has 0 spiro atoms. The molecule has 2 aliphatic heterocycles. The second kappa shape index (κ2) is 8.19. The second-order valence-electron chi connectivity index (χ2n) is 10.8. The number of fused-ring (bicyclic) bond motifs is 2. The number of aromatic nitrogens is 2. The summed E-state index contributed by atoms with van der Waals surface area (Å²) in [7, 11) is 0. The van der Waals surface area contributed by atoms with Crippen LogP contribution >= 0.6 is 45.9 Å². The zero-order valence-corrected chi connectivity index (χ0v) is 24.1. The highest BCUT2D eigenvalue weighted by Crippen LogP contribution is 2.59. The van der Waals surface area contributed by atoms with Crippen LogP contribution in [0.15, 0.2) is 36.4 Å². The predicted molar refractivity (Wildman–Crippen MR) is 154 cm³/mol. The van der Waals surface area contributed by atoms with Gasteiger partial charge in [0.15, 0.2) is 10.3 Å². The maximum Gasteiger partial charge on any atom is 0.240 e. The van der Waals surface area contributed by atoms with Gasteiger partial charge in [0.2, 0.25) is 23.6 Å². The van der Waals surface area contributed by atoms with Gasteiger partial charge in [-0.05, 0) is 49.2 Å². The van der Waals surface area contributed by atoms with Crippen molar-refractivity contribution in [2.24, 2.45) is 35.5 Å². The minimum atomic E-state index is -0.727. The topological polar surface area (TPSA) is 101 Å². The van der Waals surface area contributed by atoms with Crippen LogP contribution in [0.1, 0.15) is 11.1 Å². The molecule has 4 heterocycles. The molecule has 3 aliphatic carbocycles. The van der Waals surface area contributed by atoms with Crippen LogP contribution in [0.4, 0.5) is 10.3 Å². The van der Waals surface area contributed by atoms with E-state index in [1.54, 1.807) is 12.1 Å². The Morgan fingerprint density at radius 2 is 0.975 bits per heavy atom. The summed E-state index contributed by atoms with van der Waals surface area (Å²) in [5, 5.41) is 1.68. The Kier molecular flexibility index (Phi) is 5.04. The molecule has 1 saturated carbocycles. The van der Waals surface area contributed by atoms with Crippen LogP contribution in [0.3, 0.4) is 0 Å². The van der Waals surface area contributed by atoms with Crippen molar-refractivity contribution in [3.63, 3.8) is 0 Å². The number of benzene rings is 2. The fourth-order valence-corrected chi connectivity index (χ4v) is 9.30. The van der Waals surface area contributed by atoms with E-state index in [-0.39, 0.29) is 33.9 Å². The second-order valence-corrected chi connectivity index (χ2v) is 13.6. The molecular formula is C28H18Cl2N4O4S2. The maximum absolute atomic E-state index is 13.8. The van der Waals surface area contributed by atoms with E-state index in [2.05, 4.69) is 9.97 Å². The van der Waals surface area contributed by atoms with Gasteiger partial charge in [-0.3, -0.25) is 19.2 Å². The van der Waals surface area contributed by atoms with Crippen molar-refractivity contribution in [2.75, 3.05) is 9.80 Å². The van der Waals surface area contributed by atoms with Crippen molar-refractivity contribution in [1.82, 2.24) is 9.97 Å². The third-order valence-electron chi connectivity index (χ3n) is 8.71. The Balaban J connectivity index is 1.17. The molecule has 8 nitrogen and oxygen atoms in total. The first-order chi connectivity index (χ1) is 19.1. The monoisotopic (exact) mass is 608 g/mol. The third-order valence-corrected chi connectivity index (χ3v) is 11.5. The first kappa shape index (κ1) is 24.6. The van der Waals surface area contributed by atoms with Crippen LogP contribution in [0.2, 0.25) is 10.0 Å². The molecule has 2 saturated heterocycles. The first-order valence-corrected chi connectivity index (χ1v) is 15.1. The van der Waals surface area contributed by atoms with Gasteiger partial charge in [-0.1, -0.05) is 58.0 Å². The lowest BCUT2D eigenvalue weighted by molar-refractivity contribution is -0.137. The van der Waals surface area contributed by atoms with Gasteiger partial charge in [-0.15, -0.1) is 0 Å². The van der Waals surface area contributed by atoms with E-state index in [1.807, 2.05) is 38.1 Å². The van der Waals surface area contributed by atoms with Crippen molar-refractivity contribution >= 4 is 100 Å². The van der Waals surface area contributed by atoms with Crippen molar-refractivity contribution < 1.29 is 19.2 Å². The van der Waals surface area contributed by atoms with E-state index in [0.717, 1.165) is 30.3 Å². The van der Waals surface area contributed by atoms with Gasteiger partial charge in [0.05, 0.1) is 44.1 Å². The fraction of sp³-hybridized carbons (Fsp3) is 0.286. The normalized spacial score (nSPS) is 29.0. The lowest BCUT2D eigenvalue weighted by atomic mass is 9.54. The SMILES string of the molecule is Cc1cc2sc(N3C(=O)C4C5C=CC(C4C3=O)C3C(=O)N(c4nc6cc(Cl)c(C)cc6s4)C(=O)C53)nc2cc1Cl. The van der Waals surface area contributed by atoms with Gasteiger partial charge in [-0.25, -0.2) is 19.8 Å². The number of allylic oxidation sites excluding steroid dienone is 2. The maximum atomic E-state index is 13.8. The van der Waals surface area contributed by atoms with Crippen LogP contribution in [0.5, 0.6) is 0 Å². The van der Waals surface area contributed by atoms with E-state index in [4.69, 9.17) is 23.2 Å². The smallest absolute Gasteiger partial charge is 0.240 e. The standard InChI is InChI=1S/C28H18Cl2N4O4S2/c1-9-5-17-15(7-13(9)29)31-27(39-17)33-23(35)19-11-3-4-12(20(19)24(33)36)22-21(11)25(37)34(26(22)38)28-32-16-8-14(30)10(2)6-18(16)40-28/h3-8,11-12,19-22H,1-2H3. The number of halogens is 2. The molecule has 0 N–H and O–H groups in total. The number of aryl methyl sites for hydroxylation is 2. The Morgan fingerprint density at radius 3 is 1.32 bits per heavy atom. The van der Waals surface area contributed by atoms with Crippen LogP contribution in [-0.2, 0) is 19.2 Å². The van der Waals surface area contributed by atoms with E-state index in [0.29, 0.717) is 21.1 Å². The summed E-state index contributed by atoms with van der Waals surface area (Å²) in [5.74, 6) is -5.55. The number of rotatable bonds is 2. The molecule has 5 aliphatic rings. The number of amides is 4. The van der Waals surface area contributed by atoms with E-state index in [1.165, 1.54) is 22.7 Å². The predicted octanol–water partition coefficient (Wildman–Crippen LogP) is 5.56. The molecule has 2 aromatic heterocycles. The van der Waals surface area contributed by atoms with Crippen LogP contribution in [0.25, 0.3) is 20.4 Å². The summed E-state index contributed by atoms with van der Waals surface area (Å²) in [6, 6.07) is 7.22. The van der Waals surface area contributed by atoms with Crippen molar-refractivity contribution in [1.29, 1.82) is 0 Å². The van der Waals surface area contributed by atoms with Crippen molar-refractivity contribution in [3.8, 4) is 0 Å². The van der Waals surface area contributed by atoms with Gasteiger partial charge >= 0.3 is 0 Å². The molecule has 9 rings (SSSR count). The number of carbonyl (C=O) groups excluding carboxylic acids is 4. The molecule has 4 atom stereocenters. The van der Waals surface area contributed by atoms with Crippen LogP contribution < -0.4 is 9.80 Å².